The summed E-state index contributed by atoms with van der Waals surface area (Å²) in [4.78, 5) is 28.2. The molecule has 1 amide bonds. The maximum atomic E-state index is 11.9. The van der Waals surface area contributed by atoms with E-state index in [4.69, 9.17) is 4.74 Å². The van der Waals surface area contributed by atoms with Crippen LogP contribution < -0.4 is 5.32 Å². The van der Waals surface area contributed by atoms with Crippen LogP contribution in [-0.4, -0.2) is 35.8 Å². The van der Waals surface area contributed by atoms with Gasteiger partial charge in [0.05, 0.1) is 5.75 Å². The first kappa shape index (κ1) is 19.6. The number of hydrogen-bond acceptors (Lipinski definition) is 4. The smallest absolute Gasteiger partial charge is 0.316 e. The highest BCUT2D eigenvalue weighted by Gasteiger charge is 2.13. The summed E-state index contributed by atoms with van der Waals surface area (Å²) in [7, 11) is 0. The number of carbonyl (C=O) groups excluding carboxylic acids is 2. The molecule has 0 atom stereocenters. The van der Waals surface area contributed by atoms with E-state index in [2.05, 4.69) is 34.6 Å². The average molecular weight is 409 g/mol. The van der Waals surface area contributed by atoms with E-state index in [9.17, 15) is 9.59 Å². The minimum absolute atomic E-state index is 0.210. The molecule has 0 spiro atoms. The van der Waals surface area contributed by atoms with Crippen molar-refractivity contribution in [1.82, 2.24) is 10.3 Å². The Balaban J connectivity index is 1.15. The standard InChI is InChI=1S/C23H24N2O3S/c26-22(24-11-10-18-13-25-21-7-2-1-6-20(18)21)14-28-23(27)15-29-19-9-8-16-4-3-5-17(16)12-19/h1-2,6-9,12-13,25H,3-5,10-11,14-15H2,(H,24,26). The predicted octanol–water partition coefficient (Wildman–Crippen LogP) is 3.65. The Bertz CT molecular complexity index is 1030. The van der Waals surface area contributed by atoms with Crippen LogP contribution in [0.5, 0.6) is 0 Å². The third kappa shape index (κ3) is 5.01. The van der Waals surface area contributed by atoms with Crippen LogP contribution in [0.2, 0.25) is 0 Å². The van der Waals surface area contributed by atoms with E-state index in [0.29, 0.717) is 6.54 Å². The highest BCUT2D eigenvalue weighted by molar-refractivity contribution is 8.00. The molecule has 0 bridgehead atoms. The van der Waals surface area contributed by atoms with Gasteiger partial charge >= 0.3 is 5.97 Å². The van der Waals surface area contributed by atoms with Crippen molar-refractivity contribution in [1.29, 1.82) is 0 Å². The van der Waals surface area contributed by atoms with E-state index in [0.717, 1.165) is 40.6 Å². The first-order valence-corrected chi connectivity index (χ1v) is 10.9. The largest absolute Gasteiger partial charge is 0.455 e. The number of nitrogens with one attached hydrogen (secondary N) is 2. The molecule has 0 radical (unpaired) electrons. The number of fused-ring (bicyclic) bond motifs is 2. The molecule has 1 aliphatic carbocycles. The van der Waals surface area contributed by atoms with Gasteiger partial charge in [0.25, 0.3) is 5.91 Å². The van der Waals surface area contributed by atoms with Crippen molar-refractivity contribution in [3.63, 3.8) is 0 Å². The Morgan fingerprint density at radius 1 is 1.10 bits per heavy atom. The van der Waals surface area contributed by atoms with Crippen LogP contribution >= 0.6 is 11.8 Å². The predicted molar refractivity (Wildman–Crippen MR) is 115 cm³/mol. The molecule has 6 heteroatoms. The molecule has 29 heavy (non-hydrogen) atoms. The first-order chi connectivity index (χ1) is 14.2. The number of aromatic amines is 1. The number of H-pyrrole nitrogens is 1. The molecule has 3 aromatic rings. The van der Waals surface area contributed by atoms with Crippen LogP contribution in [0.4, 0.5) is 0 Å². The molecule has 0 fully saturated rings. The molecule has 1 aromatic heterocycles. The van der Waals surface area contributed by atoms with Crippen LogP contribution in [0, 0.1) is 0 Å². The number of aromatic nitrogens is 1. The third-order valence-corrected chi connectivity index (χ3v) is 6.15. The van der Waals surface area contributed by atoms with Gasteiger partial charge in [0, 0.05) is 28.5 Å². The number of benzene rings is 2. The first-order valence-electron chi connectivity index (χ1n) is 9.91. The summed E-state index contributed by atoms with van der Waals surface area (Å²) in [5, 5.41) is 3.97. The second-order valence-corrected chi connectivity index (χ2v) is 8.24. The minimum Gasteiger partial charge on any atom is -0.455 e. The van der Waals surface area contributed by atoms with Gasteiger partial charge in [-0.25, -0.2) is 0 Å². The van der Waals surface area contributed by atoms with Gasteiger partial charge in [0.15, 0.2) is 6.61 Å². The fourth-order valence-corrected chi connectivity index (χ4v) is 4.45. The summed E-state index contributed by atoms with van der Waals surface area (Å²) in [5.74, 6) is -0.440. The molecule has 0 saturated heterocycles. The molecule has 0 unspecified atom stereocenters. The minimum atomic E-state index is -0.373. The number of hydrogen-bond donors (Lipinski definition) is 2. The number of amides is 1. The maximum Gasteiger partial charge on any atom is 0.316 e. The van der Waals surface area contributed by atoms with Gasteiger partial charge in [-0.05, 0) is 60.6 Å². The van der Waals surface area contributed by atoms with Crippen molar-refractivity contribution in [3.8, 4) is 0 Å². The Morgan fingerprint density at radius 3 is 2.90 bits per heavy atom. The Morgan fingerprint density at radius 2 is 1.97 bits per heavy atom. The fourth-order valence-electron chi connectivity index (χ4n) is 3.69. The van der Waals surface area contributed by atoms with E-state index in [1.807, 2.05) is 24.4 Å². The molecule has 150 valence electrons. The highest BCUT2D eigenvalue weighted by Crippen LogP contribution is 2.27. The topological polar surface area (TPSA) is 71.2 Å². The number of thioether (sulfide) groups is 1. The number of esters is 1. The number of ether oxygens (including phenoxy) is 1. The summed E-state index contributed by atoms with van der Waals surface area (Å²) in [6, 6.07) is 14.4. The molecular formula is C23H24N2O3S. The van der Waals surface area contributed by atoms with Crippen LogP contribution in [0.15, 0.2) is 53.6 Å². The molecule has 1 heterocycles. The van der Waals surface area contributed by atoms with Gasteiger partial charge in [-0.3, -0.25) is 9.59 Å². The number of rotatable bonds is 8. The van der Waals surface area contributed by atoms with Crippen molar-refractivity contribution in [3.05, 3.63) is 65.4 Å². The quantitative estimate of drug-likeness (QED) is 0.441. The molecule has 0 saturated carbocycles. The monoisotopic (exact) mass is 408 g/mol. The summed E-state index contributed by atoms with van der Waals surface area (Å²) >= 11 is 1.45. The summed E-state index contributed by atoms with van der Waals surface area (Å²) in [6.07, 6.45) is 6.16. The molecule has 5 nitrogen and oxygen atoms in total. The summed E-state index contributed by atoms with van der Waals surface area (Å²) in [6.45, 7) is 0.263. The third-order valence-electron chi connectivity index (χ3n) is 5.18. The Kier molecular flexibility index (Phi) is 6.20. The van der Waals surface area contributed by atoms with E-state index in [-0.39, 0.29) is 24.2 Å². The van der Waals surface area contributed by atoms with Gasteiger partial charge in [-0.15, -0.1) is 11.8 Å². The molecule has 2 N–H and O–H groups in total. The molecule has 2 aromatic carbocycles. The van der Waals surface area contributed by atoms with Crippen LogP contribution in [0.25, 0.3) is 10.9 Å². The lowest BCUT2D eigenvalue weighted by molar-refractivity contribution is -0.145. The van der Waals surface area contributed by atoms with Crippen molar-refractivity contribution in [2.45, 2.75) is 30.6 Å². The normalized spacial score (nSPS) is 12.7. The zero-order valence-electron chi connectivity index (χ0n) is 16.2. The van der Waals surface area contributed by atoms with Crippen molar-refractivity contribution in [2.75, 3.05) is 18.9 Å². The van der Waals surface area contributed by atoms with Crippen LogP contribution in [-0.2, 0) is 33.6 Å². The maximum absolute atomic E-state index is 11.9. The van der Waals surface area contributed by atoms with E-state index in [1.54, 1.807) is 0 Å². The van der Waals surface area contributed by atoms with Gasteiger partial charge in [-0.2, -0.15) is 0 Å². The van der Waals surface area contributed by atoms with E-state index >= 15 is 0 Å². The fraction of sp³-hybridized carbons (Fsp3) is 0.304. The second kappa shape index (κ2) is 9.18. The van der Waals surface area contributed by atoms with Crippen LogP contribution in [0.3, 0.4) is 0 Å². The van der Waals surface area contributed by atoms with Crippen LogP contribution in [0.1, 0.15) is 23.1 Å². The number of para-hydroxylation sites is 1. The SMILES string of the molecule is O=C(COC(=O)CSc1ccc2c(c1)CCC2)NCCc1c[nH]c2ccccc12. The lowest BCUT2D eigenvalue weighted by Crippen LogP contribution is -2.30. The van der Waals surface area contributed by atoms with Crippen molar-refractivity contribution >= 4 is 34.5 Å². The molecular weight excluding hydrogens is 384 g/mol. The van der Waals surface area contributed by atoms with E-state index < -0.39 is 0 Å². The lowest BCUT2D eigenvalue weighted by Gasteiger charge is -2.07. The zero-order valence-corrected chi connectivity index (χ0v) is 17.0. The zero-order chi connectivity index (χ0) is 20.1. The Labute approximate surface area is 174 Å². The van der Waals surface area contributed by atoms with Gasteiger partial charge in [0.2, 0.25) is 0 Å². The molecule has 4 rings (SSSR count). The molecule has 1 aliphatic rings. The lowest BCUT2D eigenvalue weighted by atomic mass is 10.1. The highest BCUT2D eigenvalue weighted by atomic mass is 32.2. The number of carbonyl (C=O) groups is 2. The molecule has 0 aliphatic heterocycles. The second-order valence-electron chi connectivity index (χ2n) is 7.19. The van der Waals surface area contributed by atoms with E-state index in [1.165, 1.54) is 29.3 Å². The van der Waals surface area contributed by atoms with Crippen molar-refractivity contribution in [2.24, 2.45) is 0 Å². The van der Waals surface area contributed by atoms with Gasteiger partial charge in [0.1, 0.15) is 0 Å². The average Bonchev–Trinajstić information content (AvgIpc) is 3.37. The van der Waals surface area contributed by atoms with Crippen molar-refractivity contribution < 1.29 is 14.3 Å². The van der Waals surface area contributed by atoms with Gasteiger partial charge < -0.3 is 15.0 Å². The summed E-state index contributed by atoms with van der Waals surface area (Å²) in [5.41, 5.74) is 5.05. The Hall–Kier alpha value is -2.73. The number of aryl methyl sites for hydroxylation is 2. The summed E-state index contributed by atoms with van der Waals surface area (Å²) < 4.78 is 5.10. The van der Waals surface area contributed by atoms with Gasteiger partial charge in [-0.1, -0.05) is 24.3 Å².